The molecule has 5 rings (SSSR count). The van der Waals surface area contributed by atoms with Crippen molar-refractivity contribution >= 4 is 11.8 Å². The summed E-state index contributed by atoms with van der Waals surface area (Å²) in [4.78, 5) is 33.1. The molecule has 170 valence electrons. The lowest BCUT2D eigenvalue weighted by molar-refractivity contribution is -0.0767. The number of likely N-dealkylation sites (tertiary alicyclic amines) is 1. The largest absolute Gasteiger partial charge is 0.354 e. The van der Waals surface area contributed by atoms with Gasteiger partial charge in [-0.1, -0.05) is 12.1 Å². The molecule has 2 aliphatic heterocycles. The molecule has 2 aromatic rings. The Bertz CT molecular complexity index is 1020. The zero-order chi connectivity index (χ0) is 22.1. The number of anilines is 1. The number of hydrogen-bond donors (Lipinski definition) is 3. The van der Waals surface area contributed by atoms with E-state index in [0.717, 1.165) is 44.8 Å². The van der Waals surface area contributed by atoms with E-state index in [9.17, 15) is 9.59 Å². The van der Waals surface area contributed by atoms with Crippen molar-refractivity contribution in [1.29, 1.82) is 0 Å². The number of piperazine rings is 1. The molecule has 1 unspecified atom stereocenters. The summed E-state index contributed by atoms with van der Waals surface area (Å²) >= 11 is 0. The molecular formula is C23H31N7O2. The van der Waals surface area contributed by atoms with Crippen LogP contribution in [-0.2, 0) is 6.42 Å². The average Bonchev–Trinajstić information content (AvgIpc) is 2.78. The molecule has 1 spiro atoms. The standard InChI is InChI=1S/C23H31N7O2/c24-19-5-8-23(19)15-28(16-23)11-6-17-1-3-18(4-2-17)30-12-7-20(27-22(30)32)26-21(31)29-13-9-25-10-14-29/h1-4,7,12,19,25H,5-6,8-11,13-16,24H2,(H,26,27,31,32). The summed E-state index contributed by atoms with van der Waals surface area (Å²) in [6.07, 6.45) is 5.09. The number of benzene rings is 1. The summed E-state index contributed by atoms with van der Waals surface area (Å²) in [7, 11) is 0. The molecule has 9 nitrogen and oxygen atoms in total. The number of rotatable bonds is 5. The van der Waals surface area contributed by atoms with E-state index in [4.69, 9.17) is 5.73 Å². The number of nitrogens with zero attached hydrogens (tertiary/aromatic N) is 4. The molecule has 2 amide bonds. The van der Waals surface area contributed by atoms with E-state index in [-0.39, 0.29) is 11.8 Å². The third kappa shape index (κ3) is 4.15. The SMILES string of the molecule is NC1CCC12CN(CCc1ccc(-n3ccc(NC(=O)N4CCNCC4)nc3=O)cc1)C2. The van der Waals surface area contributed by atoms with Gasteiger partial charge in [0.15, 0.2) is 0 Å². The van der Waals surface area contributed by atoms with Gasteiger partial charge in [-0.15, -0.1) is 0 Å². The number of aromatic nitrogens is 2. The topological polar surface area (TPSA) is 109 Å². The summed E-state index contributed by atoms with van der Waals surface area (Å²) in [6.45, 7) is 6.12. The molecule has 3 heterocycles. The summed E-state index contributed by atoms with van der Waals surface area (Å²) in [6, 6.07) is 9.83. The van der Waals surface area contributed by atoms with E-state index in [1.165, 1.54) is 23.0 Å². The summed E-state index contributed by atoms with van der Waals surface area (Å²) < 4.78 is 1.49. The third-order valence-electron chi connectivity index (χ3n) is 7.19. The minimum atomic E-state index is -0.418. The average molecular weight is 438 g/mol. The van der Waals surface area contributed by atoms with Crippen LogP contribution in [0.1, 0.15) is 18.4 Å². The second-order valence-corrected chi connectivity index (χ2v) is 9.27. The molecular weight excluding hydrogens is 406 g/mol. The van der Waals surface area contributed by atoms with Crippen molar-refractivity contribution in [3.8, 4) is 5.69 Å². The molecule has 3 aliphatic rings. The minimum absolute atomic E-state index is 0.229. The van der Waals surface area contributed by atoms with Crippen molar-refractivity contribution in [1.82, 2.24) is 24.7 Å². The number of carbonyl (C=O) groups excluding carboxylic acids is 1. The molecule has 1 atom stereocenters. The van der Waals surface area contributed by atoms with Crippen molar-refractivity contribution in [3.63, 3.8) is 0 Å². The van der Waals surface area contributed by atoms with Crippen LogP contribution in [0.5, 0.6) is 0 Å². The molecule has 1 aliphatic carbocycles. The fraction of sp³-hybridized carbons (Fsp3) is 0.522. The Hall–Kier alpha value is -2.75. The van der Waals surface area contributed by atoms with Crippen LogP contribution in [0.3, 0.4) is 0 Å². The van der Waals surface area contributed by atoms with Crippen LogP contribution in [0, 0.1) is 5.41 Å². The molecule has 1 saturated carbocycles. The maximum absolute atomic E-state index is 12.5. The van der Waals surface area contributed by atoms with Crippen LogP contribution in [0.15, 0.2) is 41.3 Å². The van der Waals surface area contributed by atoms with Gasteiger partial charge in [0, 0.05) is 63.5 Å². The number of nitrogens with two attached hydrogens (primary N) is 1. The Morgan fingerprint density at radius 1 is 1.19 bits per heavy atom. The van der Waals surface area contributed by atoms with E-state index >= 15 is 0 Å². The monoisotopic (exact) mass is 437 g/mol. The van der Waals surface area contributed by atoms with E-state index in [0.29, 0.717) is 24.5 Å². The predicted molar refractivity (Wildman–Crippen MR) is 123 cm³/mol. The molecule has 1 aromatic heterocycles. The van der Waals surface area contributed by atoms with Gasteiger partial charge in [-0.25, -0.2) is 9.59 Å². The van der Waals surface area contributed by atoms with Crippen LogP contribution in [-0.4, -0.2) is 77.2 Å². The highest BCUT2D eigenvalue weighted by molar-refractivity contribution is 5.88. The Morgan fingerprint density at radius 3 is 2.56 bits per heavy atom. The zero-order valence-electron chi connectivity index (χ0n) is 18.3. The minimum Gasteiger partial charge on any atom is -0.327 e. The number of amides is 2. The normalized spacial score (nSPS) is 22.3. The molecule has 32 heavy (non-hydrogen) atoms. The Morgan fingerprint density at radius 2 is 1.94 bits per heavy atom. The summed E-state index contributed by atoms with van der Waals surface area (Å²) in [5.41, 5.74) is 8.15. The highest BCUT2D eigenvalue weighted by Gasteiger charge is 2.52. The van der Waals surface area contributed by atoms with Gasteiger partial charge in [0.05, 0.1) is 5.69 Å². The van der Waals surface area contributed by atoms with Crippen LogP contribution in [0.2, 0.25) is 0 Å². The van der Waals surface area contributed by atoms with Gasteiger partial charge in [-0.2, -0.15) is 4.98 Å². The lowest BCUT2D eigenvalue weighted by Crippen LogP contribution is -2.69. The van der Waals surface area contributed by atoms with Gasteiger partial charge >= 0.3 is 11.7 Å². The zero-order valence-corrected chi connectivity index (χ0v) is 18.3. The van der Waals surface area contributed by atoms with E-state index in [1.807, 2.05) is 12.1 Å². The Labute approximate surface area is 187 Å². The van der Waals surface area contributed by atoms with Crippen LogP contribution < -0.4 is 22.1 Å². The molecule has 0 radical (unpaired) electrons. The van der Waals surface area contributed by atoms with Gasteiger partial charge in [0.25, 0.3) is 0 Å². The first-order valence-corrected chi connectivity index (χ1v) is 11.5. The highest BCUT2D eigenvalue weighted by atomic mass is 16.2. The highest BCUT2D eigenvalue weighted by Crippen LogP contribution is 2.47. The number of urea groups is 1. The van der Waals surface area contributed by atoms with Crippen molar-refractivity contribution in [2.45, 2.75) is 25.3 Å². The lowest BCUT2D eigenvalue weighted by atomic mass is 9.60. The first-order chi connectivity index (χ1) is 15.5. The van der Waals surface area contributed by atoms with Crippen molar-refractivity contribution in [2.75, 3.05) is 51.1 Å². The summed E-state index contributed by atoms with van der Waals surface area (Å²) in [5.74, 6) is 0.268. The quantitative estimate of drug-likeness (QED) is 0.633. The summed E-state index contributed by atoms with van der Waals surface area (Å²) in [5, 5.41) is 5.92. The van der Waals surface area contributed by atoms with E-state index in [2.05, 4.69) is 32.7 Å². The second kappa shape index (κ2) is 8.65. The van der Waals surface area contributed by atoms with Crippen LogP contribution in [0.4, 0.5) is 10.6 Å². The fourth-order valence-electron chi connectivity index (χ4n) is 4.95. The molecule has 4 N–H and O–H groups in total. The van der Waals surface area contributed by atoms with Crippen molar-refractivity contribution in [3.05, 3.63) is 52.6 Å². The van der Waals surface area contributed by atoms with Crippen molar-refractivity contribution in [2.24, 2.45) is 11.1 Å². The maximum Gasteiger partial charge on any atom is 0.354 e. The molecule has 2 saturated heterocycles. The number of hydrogen-bond acceptors (Lipinski definition) is 6. The maximum atomic E-state index is 12.5. The van der Waals surface area contributed by atoms with Gasteiger partial charge in [-0.05, 0) is 43.0 Å². The number of carbonyl (C=O) groups is 1. The van der Waals surface area contributed by atoms with Gasteiger partial charge in [-0.3, -0.25) is 9.88 Å². The first-order valence-electron chi connectivity index (χ1n) is 11.5. The van der Waals surface area contributed by atoms with Crippen molar-refractivity contribution < 1.29 is 4.79 Å². The third-order valence-corrected chi connectivity index (χ3v) is 7.19. The molecule has 3 fully saturated rings. The van der Waals surface area contributed by atoms with Gasteiger partial charge in [0.1, 0.15) is 5.82 Å². The Kier molecular flexibility index (Phi) is 5.71. The fourth-order valence-corrected chi connectivity index (χ4v) is 4.95. The first kappa shape index (κ1) is 21.1. The smallest absolute Gasteiger partial charge is 0.327 e. The van der Waals surface area contributed by atoms with Gasteiger partial charge in [0.2, 0.25) is 0 Å². The van der Waals surface area contributed by atoms with Crippen LogP contribution in [0.25, 0.3) is 5.69 Å². The van der Waals surface area contributed by atoms with Gasteiger partial charge < -0.3 is 20.9 Å². The molecule has 0 bridgehead atoms. The predicted octanol–water partition coefficient (Wildman–Crippen LogP) is 0.635. The number of nitrogens with one attached hydrogen (secondary N) is 2. The van der Waals surface area contributed by atoms with E-state index < -0.39 is 5.69 Å². The molecule has 1 aromatic carbocycles. The Balaban J connectivity index is 1.16. The lowest BCUT2D eigenvalue weighted by Gasteiger charge is -2.59. The molecule has 9 heteroatoms. The van der Waals surface area contributed by atoms with Crippen LogP contribution >= 0.6 is 0 Å². The second-order valence-electron chi connectivity index (χ2n) is 9.27. The van der Waals surface area contributed by atoms with E-state index in [1.54, 1.807) is 17.2 Å².